The Balaban J connectivity index is 2.63. The molecule has 0 bridgehead atoms. The Morgan fingerprint density at radius 1 is 1.25 bits per heavy atom. The molecule has 0 aliphatic heterocycles. The molecule has 16 heavy (non-hydrogen) atoms. The molecule has 1 rings (SSSR count). The lowest BCUT2D eigenvalue weighted by atomic mass is 10.2. The number of halogens is 3. The molecule has 0 aliphatic rings. The van der Waals surface area contributed by atoms with Gasteiger partial charge in [-0.3, -0.25) is 0 Å². The average Bonchev–Trinajstić information content (AvgIpc) is 2.23. The zero-order valence-corrected chi connectivity index (χ0v) is 8.97. The van der Waals surface area contributed by atoms with Crippen molar-refractivity contribution in [1.29, 1.82) is 0 Å². The fourth-order valence-corrected chi connectivity index (χ4v) is 1.21. The standard InChI is InChI=1S/C11H14F3NO/c1-2-15-7-9-5-3-4-6-10(9)16-8-11(12,13)14/h3-6,15H,2,7-8H2,1H3. The molecule has 0 radical (unpaired) electrons. The van der Waals surface area contributed by atoms with Gasteiger partial charge in [-0.25, -0.2) is 0 Å². The smallest absolute Gasteiger partial charge is 0.422 e. The van der Waals surface area contributed by atoms with Crippen LogP contribution >= 0.6 is 0 Å². The first-order valence-electron chi connectivity index (χ1n) is 5.01. The third-order valence-electron chi connectivity index (χ3n) is 1.93. The van der Waals surface area contributed by atoms with Crippen molar-refractivity contribution < 1.29 is 17.9 Å². The molecular formula is C11H14F3NO. The predicted molar refractivity (Wildman–Crippen MR) is 55.4 cm³/mol. The average molecular weight is 233 g/mol. The van der Waals surface area contributed by atoms with Crippen molar-refractivity contribution in [3.63, 3.8) is 0 Å². The van der Waals surface area contributed by atoms with Gasteiger partial charge in [-0.2, -0.15) is 13.2 Å². The van der Waals surface area contributed by atoms with Crippen LogP contribution in [0.3, 0.4) is 0 Å². The second-order valence-corrected chi connectivity index (χ2v) is 3.29. The lowest BCUT2D eigenvalue weighted by molar-refractivity contribution is -0.153. The molecule has 0 aromatic heterocycles. The summed E-state index contributed by atoms with van der Waals surface area (Å²) in [6.45, 7) is 1.94. The topological polar surface area (TPSA) is 21.3 Å². The summed E-state index contributed by atoms with van der Waals surface area (Å²) < 4.78 is 40.7. The molecule has 90 valence electrons. The molecule has 0 spiro atoms. The van der Waals surface area contributed by atoms with Gasteiger partial charge in [0.1, 0.15) is 5.75 Å². The van der Waals surface area contributed by atoms with Crippen LogP contribution in [0, 0.1) is 0 Å². The van der Waals surface area contributed by atoms with Crippen molar-refractivity contribution in [2.24, 2.45) is 0 Å². The highest BCUT2D eigenvalue weighted by atomic mass is 19.4. The monoisotopic (exact) mass is 233 g/mol. The summed E-state index contributed by atoms with van der Waals surface area (Å²) in [6, 6.07) is 6.71. The molecule has 0 fully saturated rings. The van der Waals surface area contributed by atoms with Crippen molar-refractivity contribution in [2.45, 2.75) is 19.6 Å². The van der Waals surface area contributed by atoms with Crippen LogP contribution in [0.4, 0.5) is 13.2 Å². The zero-order valence-electron chi connectivity index (χ0n) is 8.97. The van der Waals surface area contributed by atoms with Gasteiger partial charge in [0, 0.05) is 12.1 Å². The molecule has 2 nitrogen and oxygen atoms in total. The van der Waals surface area contributed by atoms with Crippen molar-refractivity contribution in [3.8, 4) is 5.75 Å². The summed E-state index contributed by atoms with van der Waals surface area (Å²) in [5.74, 6) is 0.278. The van der Waals surface area contributed by atoms with E-state index in [0.717, 1.165) is 12.1 Å². The molecule has 0 amide bonds. The van der Waals surface area contributed by atoms with E-state index in [-0.39, 0.29) is 5.75 Å². The zero-order chi connectivity index (χ0) is 12.0. The highest BCUT2D eigenvalue weighted by Gasteiger charge is 2.28. The highest BCUT2D eigenvalue weighted by Crippen LogP contribution is 2.21. The van der Waals surface area contributed by atoms with E-state index in [9.17, 15) is 13.2 Å². The Bertz CT molecular complexity index is 325. The van der Waals surface area contributed by atoms with Crippen molar-refractivity contribution in [1.82, 2.24) is 5.32 Å². The summed E-state index contributed by atoms with van der Waals surface area (Å²) in [5, 5.41) is 3.04. The minimum Gasteiger partial charge on any atom is -0.484 e. The number of hydrogen-bond donors (Lipinski definition) is 1. The van der Waals surface area contributed by atoms with E-state index >= 15 is 0 Å². The Kier molecular flexibility index (Phi) is 4.61. The van der Waals surface area contributed by atoms with Crippen molar-refractivity contribution in [2.75, 3.05) is 13.2 Å². The van der Waals surface area contributed by atoms with Gasteiger partial charge in [0.05, 0.1) is 0 Å². The van der Waals surface area contributed by atoms with E-state index < -0.39 is 12.8 Å². The van der Waals surface area contributed by atoms with E-state index in [4.69, 9.17) is 4.74 Å². The maximum atomic E-state index is 12.0. The Morgan fingerprint density at radius 2 is 1.94 bits per heavy atom. The quantitative estimate of drug-likeness (QED) is 0.844. The van der Waals surface area contributed by atoms with Crippen LogP contribution in [0.15, 0.2) is 24.3 Å². The van der Waals surface area contributed by atoms with Gasteiger partial charge in [-0.05, 0) is 12.6 Å². The Labute approximate surface area is 92.4 Å². The maximum Gasteiger partial charge on any atom is 0.422 e. The lowest BCUT2D eigenvalue weighted by Crippen LogP contribution is -2.20. The summed E-state index contributed by atoms with van der Waals surface area (Å²) >= 11 is 0. The van der Waals surface area contributed by atoms with Crippen LogP contribution in [0.1, 0.15) is 12.5 Å². The second kappa shape index (κ2) is 5.75. The summed E-state index contributed by atoms with van der Waals surface area (Å²) in [6.07, 6.45) is -4.30. The summed E-state index contributed by atoms with van der Waals surface area (Å²) in [4.78, 5) is 0. The van der Waals surface area contributed by atoms with E-state index in [2.05, 4.69) is 5.32 Å². The Hall–Kier alpha value is -1.23. The number of benzene rings is 1. The molecular weight excluding hydrogens is 219 g/mol. The molecule has 1 aromatic rings. The molecule has 1 N–H and O–H groups in total. The first-order chi connectivity index (χ1) is 7.53. The van der Waals surface area contributed by atoms with Gasteiger partial charge in [0.15, 0.2) is 6.61 Å². The molecule has 0 saturated heterocycles. The molecule has 0 unspecified atom stereocenters. The van der Waals surface area contributed by atoms with Crippen LogP contribution in [0.25, 0.3) is 0 Å². The molecule has 0 saturated carbocycles. The van der Waals surface area contributed by atoms with Crippen LogP contribution in [-0.2, 0) is 6.54 Å². The number of ether oxygens (including phenoxy) is 1. The number of alkyl halides is 3. The molecule has 0 atom stereocenters. The second-order valence-electron chi connectivity index (χ2n) is 3.29. The fraction of sp³-hybridized carbons (Fsp3) is 0.455. The van der Waals surface area contributed by atoms with Gasteiger partial charge < -0.3 is 10.1 Å². The van der Waals surface area contributed by atoms with Gasteiger partial charge in [0.25, 0.3) is 0 Å². The van der Waals surface area contributed by atoms with Gasteiger partial charge in [-0.1, -0.05) is 25.1 Å². The normalized spacial score (nSPS) is 11.5. The van der Waals surface area contributed by atoms with E-state index in [1.54, 1.807) is 24.3 Å². The third-order valence-corrected chi connectivity index (χ3v) is 1.93. The molecule has 0 aliphatic carbocycles. The van der Waals surface area contributed by atoms with E-state index in [1.807, 2.05) is 6.92 Å². The first-order valence-corrected chi connectivity index (χ1v) is 5.01. The SMILES string of the molecule is CCNCc1ccccc1OCC(F)(F)F. The first kappa shape index (κ1) is 12.8. The lowest BCUT2D eigenvalue weighted by Gasteiger charge is -2.13. The van der Waals surface area contributed by atoms with Crippen LogP contribution < -0.4 is 10.1 Å². The van der Waals surface area contributed by atoms with Gasteiger partial charge in [0.2, 0.25) is 0 Å². The van der Waals surface area contributed by atoms with Gasteiger partial charge in [-0.15, -0.1) is 0 Å². The predicted octanol–water partition coefficient (Wildman–Crippen LogP) is 2.74. The number of rotatable bonds is 5. The van der Waals surface area contributed by atoms with Crippen LogP contribution in [0.2, 0.25) is 0 Å². The number of para-hydroxylation sites is 1. The van der Waals surface area contributed by atoms with Crippen molar-refractivity contribution in [3.05, 3.63) is 29.8 Å². The van der Waals surface area contributed by atoms with Crippen molar-refractivity contribution >= 4 is 0 Å². The largest absolute Gasteiger partial charge is 0.484 e. The van der Waals surface area contributed by atoms with Crippen LogP contribution in [-0.4, -0.2) is 19.3 Å². The Morgan fingerprint density at radius 3 is 2.56 bits per heavy atom. The molecule has 1 aromatic carbocycles. The molecule has 5 heteroatoms. The fourth-order valence-electron chi connectivity index (χ4n) is 1.21. The van der Waals surface area contributed by atoms with Crippen LogP contribution in [0.5, 0.6) is 5.75 Å². The maximum absolute atomic E-state index is 12.0. The number of hydrogen-bond acceptors (Lipinski definition) is 2. The minimum absolute atomic E-state index is 0.278. The third kappa shape index (κ3) is 4.53. The highest BCUT2D eigenvalue weighted by molar-refractivity contribution is 5.33. The summed E-state index contributed by atoms with van der Waals surface area (Å²) in [7, 11) is 0. The van der Waals surface area contributed by atoms with Gasteiger partial charge >= 0.3 is 6.18 Å². The van der Waals surface area contributed by atoms with E-state index in [0.29, 0.717) is 6.54 Å². The van der Waals surface area contributed by atoms with E-state index in [1.165, 1.54) is 0 Å². The minimum atomic E-state index is -4.30. The number of nitrogens with one attached hydrogen (secondary N) is 1. The summed E-state index contributed by atoms with van der Waals surface area (Å²) in [5.41, 5.74) is 0.730. The molecule has 0 heterocycles.